The van der Waals surface area contributed by atoms with Gasteiger partial charge in [0.1, 0.15) is 11.4 Å². The molecule has 0 saturated carbocycles. The number of halogens is 3. The maximum absolute atomic E-state index is 12.5. The van der Waals surface area contributed by atoms with E-state index in [0.717, 1.165) is 4.68 Å². The molecule has 2 aromatic heterocycles. The van der Waals surface area contributed by atoms with Gasteiger partial charge in [-0.2, -0.15) is 22.8 Å². The van der Waals surface area contributed by atoms with Crippen molar-refractivity contribution >= 4 is 11.9 Å². The van der Waals surface area contributed by atoms with Crippen LogP contribution in [-0.4, -0.2) is 52.5 Å². The molecule has 24 heavy (non-hydrogen) atoms. The number of aryl methyl sites for hydroxylation is 1. The van der Waals surface area contributed by atoms with Crippen molar-refractivity contribution in [1.29, 1.82) is 0 Å². The maximum atomic E-state index is 12.5. The number of nitrogens with zero attached hydrogens (tertiary/aromatic N) is 5. The Balaban J connectivity index is 2.29. The number of rotatable bonds is 4. The first kappa shape index (κ1) is 17.4. The molecule has 130 valence electrons. The molecule has 0 atom stereocenters. The molecule has 0 bridgehead atoms. The van der Waals surface area contributed by atoms with Crippen molar-refractivity contribution in [3.8, 4) is 5.95 Å². The second-order valence-corrected chi connectivity index (χ2v) is 5.26. The fourth-order valence-electron chi connectivity index (χ4n) is 1.54. The van der Waals surface area contributed by atoms with Crippen molar-refractivity contribution in [2.75, 3.05) is 0 Å². The third-order valence-corrected chi connectivity index (χ3v) is 2.86. The summed E-state index contributed by atoms with van der Waals surface area (Å²) >= 11 is 0. The first-order valence-electron chi connectivity index (χ1n) is 6.41. The van der Waals surface area contributed by atoms with Crippen molar-refractivity contribution in [3.63, 3.8) is 0 Å². The van der Waals surface area contributed by atoms with Crippen LogP contribution in [0.25, 0.3) is 5.95 Å². The molecule has 2 aromatic rings. The number of H-pyrrole nitrogens is 1. The van der Waals surface area contributed by atoms with E-state index in [-0.39, 0.29) is 5.82 Å². The van der Waals surface area contributed by atoms with Gasteiger partial charge in [0.05, 0.1) is 0 Å². The average molecular weight is 347 g/mol. The van der Waals surface area contributed by atoms with Gasteiger partial charge in [0, 0.05) is 0 Å². The van der Waals surface area contributed by atoms with Crippen LogP contribution < -0.4 is 5.32 Å². The minimum Gasteiger partial charge on any atom is -0.480 e. The third kappa shape index (κ3) is 3.33. The number of carboxylic acids is 1. The highest BCUT2D eigenvalue weighted by Crippen LogP contribution is 2.26. The van der Waals surface area contributed by atoms with E-state index in [9.17, 15) is 22.8 Å². The van der Waals surface area contributed by atoms with Crippen molar-refractivity contribution < 1.29 is 27.9 Å². The standard InChI is InChI=1S/C11H12F3N7O3/c1-4-15-5(6(22)17-10(2,3)8(23)24)20-21(4)9-16-7(18-19-9)11(12,13)14/h1-3H3,(H,17,22)(H,23,24)(H,16,18,19). The number of amides is 1. The number of hydrogen-bond donors (Lipinski definition) is 3. The second kappa shape index (κ2) is 5.58. The highest BCUT2D eigenvalue weighted by atomic mass is 19.4. The number of aliphatic carboxylic acids is 1. The Morgan fingerprint density at radius 3 is 2.38 bits per heavy atom. The zero-order valence-electron chi connectivity index (χ0n) is 12.6. The minimum absolute atomic E-state index is 0.0426. The summed E-state index contributed by atoms with van der Waals surface area (Å²) in [5, 5.41) is 19.9. The van der Waals surface area contributed by atoms with E-state index >= 15 is 0 Å². The Kier molecular flexibility index (Phi) is 4.03. The maximum Gasteiger partial charge on any atom is 0.451 e. The van der Waals surface area contributed by atoms with Gasteiger partial charge < -0.3 is 10.4 Å². The van der Waals surface area contributed by atoms with E-state index < -0.39 is 41.2 Å². The van der Waals surface area contributed by atoms with Crippen LogP contribution in [0.4, 0.5) is 13.2 Å². The molecule has 2 heterocycles. The Morgan fingerprint density at radius 2 is 1.88 bits per heavy atom. The summed E-state index contributed by atoms with van der Waals surface area (Å²) in [4.78, 5) is 30.0. The van der Waals surface area contributed by atoms with Crippen LogP contribution in [0.5, 0.6) is 0 Å². The van der Waals surface area contributed by atoms with Crippen LogP contribution >= 0.6 is 0 Å². The highest BCUT2D eigenvalue weighted by molar-refractivity contribution is 5.94. The summed E-state index contributed by atoms with van der Waals surface area (Å²) < 4.78 is 38.4. The Morgan fingerprint density at radius 1 is 1.25 bits per heavy atom. The number of hydrogen-bond acceptors (Lipinski definition) is 6. The van der Waals surface area contributed by atoms with Gasteiger partial charge in [0.15, 0.2) is 0 Å². The third-order valence-electron chi connectivity index (χ3n) is 2.86. The van der Waals surface area contributed by atoms with E-state index in [4.69, 9.17) is 5.11 Å². The van der Waals surface area contributed by atoms with E-state index in [0.29, 0.717) is 0 Å². The topological polar surface area (TPSA) is 139 Å². The first-order chi connectivity index (χ1) is 10.9. The quantitative estimate of drug-likeness (QED) is 0.723. The number of aromatic nitrogens is 6. The lowest BCUT2D eigenvalue weighted by molar-refractivity contribution is -0.145. The summed E-state index contributed by atoms with van der Waals surface area (Å²) in [5.41, 5.74) is -1.58. The molecule has 0 aliphatic rings. The van der Waals surface area contributed by atoms with Gasteiger partial charge in [0.25, 0.3) is 11.9 Å². The molecular formula is C11H12F3N7O3. The molecule has 3 N–H and O–H groups in total. The molecule has 10 nitrogen and oxygen atoms in total. The normalized spacial score (nSPS) is 12.2. The molecule has 13 heteroatoms. The molecule has 0 spiro atoms. The molecule has 0 saturated heterocycles. The predicted molar refractivity (Wildman–Crippen MR) is 70.2 cm³/mol. The lowest BCUT2D eigenvalue weighted by atomic mass is 10.1. The molecule has 1 amide bonds. The Hall–Kier alpha value is -2.99. The van der Waals surface area contributed by atoms with Crippen LogP contribution in [0.1, 0.15) is 36.1 Å². The molecule has 2 rings (SSSR count). The zero-order chi connectivity index (χ0) is 18.3. The van der Waals surface area contributed by atoms with Gasteiger partial charge in [-0.15, -0.1) is 10.2 Å². The molecule has 0 aliphatic carbocycles. The number of carbonyl (C=O) groups is 2. The van der Waals surface area contributed by atoms with Crippen LogP contribution in [0.15, 0.2) is 0 Å². The van der Waals surface area contributed by atoms with Crippen molar-refractivity contribution in [1.82, 2.24) is 35.3 Å². The highest BCUT2D eigenvalue weighted by Gasteiger charge is 2.36. The zero-order valence-corrected chi connectivity index (χ0v) is 12.6. The van der Waals surface area contributed by atoms with E-state index in [1.807, 2.05) is 0 Å². The lowest BCUT2D eigenvalue weighted by Gasteiger charge is -2.19. The van der Waals surface area contributed by atoms with Gasteiger partial charge in [-0.25, -0.2) is 9.78 Å². The van der Waals surface area contributed by atoms with Crippen LogP contribution in [-0.2, 0) is 11.0 Å². The summed E-state index contributed by atoms with van der Waals surface area (Å²) in [6.45, 7) is 3.87. The van der Waals surface area contributed by atoms with E-state index in [1.165, 1.54) is 20.8 Å². The summed E-state index contributed by atoms with van der Waals surface area (Å²) in [6.07, 6.45) is -4.72. The molecule has 0 unspecified atom stereocenters. The number of carboxylic acid groups (broad SMARTS) is 1. The van der Waals surface area contributed by atoms with Gasteiger partial charge in [-0.3, -0.25) is 9.89 Å². The van der Waals surface area contributed by atoms with E-state index in [1.54, 1.807) is 5.10 Å². The molecule has 0 aromatic carbocycles. The summed E-state index contributed by atoms with van der Waals surface area (Å²) in [5.74, 6) is -4.36. The monoisotopic (exact) mass is 347 g/mol. The molecular weight excluding hydrogens is 335 g/mol. The fraction of sp³-hybridized carbons (Fsp3) is 0.455. The summed E-state index contributed by atoms with van der Waals surface area (Å²) in [7, 11) is 0. The van der Waals surface area contributed by atoms with Gasteiger partial charge in [-0.1, -0.05) is 0 Å². The molecule has 0 aliphatic heterocycles. The number of carbonyl (C=O) groups excluding carboxylic acids is 1. The van der Waals surface area contributed by atoms with Gasteiger partial charge in [-0.05, 0) is 20.8 Å². The largest absolute Gasteiger partial charge is 0.480 e. The van der Waals surface area contributed by atoms with Crippen LogP contribution in [0.2, 0.25) is 0 Å². The minimum atomic E-state index is -4.72. The van der Waals surface area contributed by atoms with Gasteiger partial charge in [0.2, 0.25) is 11.6 Å². The Labute approximate surface area is 132 Å². The average Bonchev–Trinajstić information content (AvgIpc) is 3.03. The number of aromatic amines is 1. The number of alkyl halides is 3. The van der Waals surface area contributed by atoms with Crippen LogP contribution in [0, 0.1) is 6.92 Å². The number of nitrogens with one attached hydrogen (secondary N) is 2. The predicted octanol–water partition coefficient (Wildman–Crippen LogP) is 0.306. The molecule has 0 radical (unpaired) electrons. The van der Waals surface area contributed by atoms with E-state index in [2.05, 4.69) is 25.5 Å². The first-order valence-corrected chi connectivity index (χ1v) is 6.41. The second-order valence-electron chi connectivity index (χ2n) is 5.26. The van der Waals surface area contributed by atoms with Crippen LogP contribution in [0.3, 0.4) is 0 Å². The summed E-state index contributed by atoms with van der Waals surface area (Å²) in [6, 6.07) is 0. The van der Waals surface area contributed by atoms with Crippen molar-refractivity contribution in [2.24, 2.45) is 0 Å². The van der Waals surface area contributed by atoms with Crippen molar-refractivity contribution in [2.45, 2.75) is 32.5 Å². The lowest BCUT2D eigenvalue weighted by Crippen LogP contribution is -2.49. The Bertz CT molecular complexity index is 793. The SMILES string of the molecule is Cc1nc(C(=O)NC(C)(C)C(=O)O)nn1-c1n[nH]c(C(F)(F)F)n1. The smallest absolute Gasteiger partial charge is 0.451 e. The fourth-order valence-corrected chi connectivity index (χ4v) is 1.54. The van der Waals surface area contributed by atoms with Crippen molar-refractivity contribution in [3.05, 3.63) is 17.5 Å². The van der Waals surface area contributed by atoms with Gasteiger partial charge >= 0.3 is 12.1 Å². The molecule has 0 fully saturated rings.